The van der Waals surface area contributed by atoms with E-state index in [1.807, 2.05) is 36.4 Å². The van der Waals surface area contributed by atoms with Crippen LogP contribution in [0.3, 0.4) is 0 Å². The number of hydrogen-bond acceptors (Lipinski definition) is 3. The molecule has 260 valence electrons. The molecule has 0 saturated heterocycles. The Morgan fingerprint density at radius 3 is 1.91 bits per heavy atom. The normalized spacial score (nSPS) is 12.6. The molecule has 0 bridgehead atoms. The van der Waals surface area contributed by atoms with Gasteiger partial charge in [-0.2, -0.15) is 0 Å². The van der Waals surface area contributed by atoms with Gasteiger partial charge in [-0.3, -0.25) is 4.99 Å². The number of allylic oxidation sites excluding steroid dienone is 1. The first kappa shape index (κ1) is 32.3. The molecule has 0 aliphatic heterocycles. The fourth-order valence-electron chi connectivity index (χ4n) is 7.77. The molecule has 0 spiro atoms. The van der Waals surface area contributed by atoms with Crippen LogP contribution in [-0.4, -0.2) is 28.1 Å². The van der Waals surface area contributed by atoms with Crippen LogP contribution >= 0.6 is 0 Å². The second-order valence-electron chi connectivity index (χ2n) is 13.5. The van der Waals surface area contributed by atoms with Crippen LogP contribution in [0.5, 0.6) is 0 Å². The molecule has 0 radical (unpaired) electrons. The molecular weight excluding hydrogens is 673 g/mol. The highest BCUT2D eigenvalue weighted by Crippen LogP contribution is 2.42. The fraction of sp³-hybridized carbons (Fsp3) is 0.0200. The Balaban J connectivity index is 1.08. The van der Waals surface area contributed by atoms with Gasteiger partial charge in [-0.15, -0.1) is 0 Å². The summed E-state index contributed by atoms with van der Waals surface area (Å²) in [5.74, 6) is 0.634. The molecule has 5 nitrogen and oxygen atoms in total. The van der Waals surface area contributed by atoms with Gasteiger partial charge in [-0.1, -0.05) is 152 Å². The molecule has 0 aliphatic carbocycles. The van der Waals surface area contributed by atoms with E-state index < -0.39 is 0 Å². The van der Waals surface area contributed by atoms with Crippen molar-refractivity contribution < 1.29 is 4.42 Å². The maximum atomic E-state index is 6.67. The number of furan rings is 1. The molecule has 0 atom stereocenters. The molecule has 0 aliphatic rings. The van der Waals surface area contributed by atoms with E-state index in [-0.39, 0.29) is 0 Å². The van der Waals surface area contributed by atoms with Gasteiger partial charge in [0.1, 0.15) is 11.2 Å². The zero-order chi connectivity index (χ0) is 36.7. The van der Waals surface area contributed by atoms with Crippen LogP contribution in [0.1, 0.15) is 11.1 Å². The quantitative estimate of drug-likeness (QED) is 0.128. The van der Waals surface area contributed by atoms with Crippen LogP contribution in [0.25, 0.3) is 83.2 Å². The van der Waals surface area contributed by atoms with Crippen LogP contribution in [-0.2, 0) is 0 Å². The van der Waals surface area contributed by atoms with Gasteiger partial charge in [0.05, 0.1) is 38.7 Å². The standard InChI is InChI=1S/C50H34N4O/c1-51-50(53-41(34-17-6-3-7-18-34)31-32-54-43-24-11-8-19-38(43)39-20-9-12-25-44(39)54)36-29-27-35(28-30-36)48-47-40-21-10-13-26-45(40)55-49(47)46-37(22-14-23-42(46)52-48)33-15-4-2-5-16-33/h2-32H,1H3/b32-31+,51-50?,53-41?. The number of fused-ring (bicyclic) bond motifs is 8. The van der Waals surface area contributed by atoms with Crippen LogP contribution in [0, 0.1) is 0 Å². The summed E-state index contributed by atoms with van der Waals surface area (Å²) >= 11 is 0. The lowest BCUT2D eigenvalue weighted by Gasteiger charge is -2.11. The Morgan fingerprint density at radius 2 is 1.20 bits per heavy atom. The first-order chi connectivity index (χ1) is 27.2. The molecule has 0 unspecified atom stereocenters. The smallest absolute Gasteiger partial charge is 0.154 e. The number of amidine groups is 1. The predicted molar refractivity (Wildman–Crippen MR) is 230 cm³/mol. The zero-order valence-electron chi connectivity index (χ0n) is 30.1. The number of rotatable bonds is 6. The third-order valence-electron chi connectivity index (χ3n) is 10.3. The third kappa shape index (κ3) is 5.61. The van der Waals surface area contributed by atoms with Gasteiger partial charge in [0.2, 0.25) is 0 Å². The van der Waals surface area contributed by atoms with Crippen LogP contribution < -0.4 is 0 Å². The minimum atomic E-state index is 0.634. The molecule has 10 aromatic rings. The van der Waals surface area contributed by atoms with Gasteiger partial charge in [0, 0.05) is 46.1 Å². The average molecular weight is 707 g/mol. The first-order valence-electron chi connectivity index (χ1n) is 18.4. The van der Waals surface area contributed by atoms with Gasteiger partial charge in [0.25, 0.3) is 0 Å². The molecule has 55 heavy (non-hydrogen) atoms. The maximum Gasteiger partial charge on any atom is 0.154 e. The average Bonchev–Trinajstić information content (AvgIpc) is 3.80. The summed E-state index contributed by atoms with van der Waals surface area (Å²) in [5, 5.41) is 5.49. The molecule has 0 fully saturated rings. The molecule has 7 aromatic carbocycles. The zero-order valence-corrected chi connectivity index (χ0v) is 30.1. The Kier molecular flexibility index (Phi) is 7.96. The van der Waals surface area contributed by atoms with E-state index in [9.17, 15) is 0 Å². The molecule has 3 aromatic heterocycles. The highest BCUT2D eigenvalue weighted by atomic mass is 16.3. The number of nitrogens with zero attached hydrogens (tertiary/aromatic N) is 4. The number of benzene rings is 7. The minimum Gasteiger partial charge on any atom is -0.455 e. The Bertz CT molecular complexity index is 3080. The summed E-state index contributed by atoms with van der Waals surface area (Å²) < 4.78 is 8.90. The van der Waals surface area contributed by atoms with Crippen LogP contribution in [0.2, 0.25) is 0 Å². The first-order valence-corrected chi connectivity index (χ1v) is 18.4. The highest BCUT2D eigenvalue weighted by molar-refractivity contribution is 6.22. The lowest BCUT2D eigenvalue weighted by molar-refractivity contribution is 0.672. The Hall–Kier alpha value is -7.37. The van der Waals surface area contributed by atoms with Crippen LogP contribution in [0.15, 0.2) is 196 Å². The number of hydrogen-bond donors (Lipinski definition) is 0. The molecule has 3 heterocycles. The van der Waals surface area contributed by atoms with Gasteiger partial charge in [-0.05, 0) is 41.5 Å². The third-order valence-corrected chi connectivity index (χ3v) is 10.3. The molecular formula is C50H34N4O. The van der Waals surface area contributed by atoms with Gasteiger partial charge >= 0.3 is 0 Å². The van der Waals surface area contributed by atoms with Crippen molar-refractivity contribution in [2.75, 3.05) is 7.05 Å². The van der Waals surface area contributed by atoms with E-state index in [1.54, 1.807) is 7.05 Å². The lowest BCUT2D eigenvalue weighted by Crippen LogP contribution is -2.05. The van der Waals surface area contributed by atoms with E-state index in [0.29, 0.717) is 5.84 Å². The van der Waals surface area contributed by atoms with E-state index in [2.05, 4.69) is 156 Å². The Morgan fingerprint density at radius 1 is 0.564 bits per heavy atom. The summed E-state index contributed by atoms with van der Waals surface area (Å²) in [6.45, 7) is 0. The van der Waals surface area contributed by atoms with Gasteiger partial charge < -0.3 is 8.98 Å². The largest absolute Gasteiger partial charge is 0.455 e. The highest BCUT2D eigenvalue weighted by Gasteiger charge is 2.20. The minimum absolute atomic E-state index is 0.634. The van der Waals surface area contributed by atoms with Crippen molar-refractivity contribution >= 4 is 72.4 Å². The fourth-order valence-corrected chi connectivity index (χ4v) is 7.77. The SMILES string of the molecule is CN=C(N=C(/C=C/n1c2ccccc2c2ccccc21)c1ccccc1)c1ccc(-c2nc3cccc(-c4ccccc4)c3c3oc4ccccc4c23)cc1. The van der Waals surface area contributed by atoms with Crippen molar-refractivity contribution in [1.82, 2.24) is 9.55 Å². The van der Waals surface area contributed by atoms with Crippen molar-refractivity contribution in [1.29, 1.82) is 0 Å². The molecule has 5 heteroatoms. The van der Waals surface area contributed by atoms with Gasteiger partial charge in [0.15, 0.2) is 5.84 Å². The second kappa shape index (κ2) is 13.6. The van der Waals surface area contributed by atoms with E-state index in [4.69, 9.17) is 19.4 Å². The van der Waals surface area contributed by atoms with Gasteiger partial charge in [-0.25, -0.2) is 9.98 Å². The topological polar surface area (TPSA) is 55.7 Å². The van der Waals surface area contributed by atoms with Crippen molar-refractivity contribution in [2.24, 2.45) is 9.98 Å². The van der Waals surface area contributed by atoms with E-state index >= 15 is 0 Å². The summed E-state index contributed by atoms with van der Waals surface area (Å²) in [5.41, 5.74) is 11.7. The summed E-state index contributed by atoms with van der Waals surface area (Å²) in [7, 11) is 1.79. The lowest BCUT2D eigenvalue weighted by atomic mass is 9.96. The predicted octanol–water partition coefficient (Wildman–Crippen LogP) is 12.6. The molecule has 10 rings (SSSR count). The van der Waals surface area contributed by atoms with E-state index in [0.717, 1.165) is 83.1 Å². The van der Waals surface area contributed by atoms with Crippen molar-refractivity contribution in [3.63, 3.8) is 0 Å². The summed E-state index contributed by atoms with van der Waals surface area (Å²) in [6, 6.07) is 60.6. The maximum absolute atomic E-state index is 6.67. The molecule has 0 saturated carbocycles. The molecule has 0 N–H and O–H groups in total. The second-order valence-corrected chi connectivity index (χ2v) is 13.5. The molecule has 0 amide bonds. The number of pyridine rings is 1. The van der Waals surface area contributed by atoms with Crippen molar-refractivity contribution in [3.8, 4) is 22.4 Å². The van der Waals surface area contributed by atoms with Crippen molar-refractivity contribution in [3.05, 3.63) is 193 Å². The van der Waals surface area contributed by atoms with Crippen LogP contribution in [0.4, 0.5) is 0 Å². The van der Waals surface area contributed by atoms with Crippen molar-refractivity contribution in [2.45, 2.75) is 0 Å². The Labute approximate surface area is 317 Å². The number of para-hydroxylation sites is 3. The number of aliphatic imine (C=N–C) groups is 2. The summed E-state index contributed by atoms with van der Waals surface area (Å²) in [4.78, 5) is 15.2. The summed E-state index contributed by atoms with van der Waals surface area (Å²) in [6.07, 6.45) is 4.19. The van der Waals surface area contributed by atoms with E-state index in [1.165, 1.54) is 10.8 Å². The number of aromatic nitrogens is 2. The monoisotopic (exact) mass is 706 g/mol.